The Morgan fingerprint density at radius 1 is 1.00 bits per heavy atom. The van der Waals surface area contributed by atoms with E-state index in [2.05, 4.69) is 15.5 Å². The van der Waals surface area contributed by atoms with Crippen molar-refractivity contribution in [1.29, 1.82) is 0 Å². The summed E-state index contributed by atoms with van der Waals surface area (Å²) in [5.41, 5.74) is 0.503. The minimum Gasteiger partial charge on any atom is -0.486 e. The summed E-state index contributed by atoms with van der Waals surface area (Å²) in [6, 6.07) is 20.6. The first-order valence-electron chi connectivity index (χ1n) is 8.19. The molecule has 0 fully saturated rings. The maximum absolute atomic E-state index is 12.2. The molecular formula is C20H14ClN3O2S. The number of halogens is 1. The highest BCUT2D eigenvalue weighted by atomic mass is 35.5. The van der Waals surface area contributed by atoms with Gasteiger partial charge in [-0.25, -0.2) is 0 Å². The third kappa shape index (κ3) is 4.07. The van der Waals surface area contributed by atoms with Gasteiger partial charge in [0.1, 0.15) is 12.4 Å². The SMILES string of the molecule is O=C(Nc1nnc(COc2cccc3ccccc23)s1)c1ccc(Cl)cc1. The first-order valence-corrected chi connectivity index (χ1v) is 9.38. The number of aromatic nitrogens is 2. The predicted molar refractivity (Wildman–Crippen MR) is 108 cm³/mol. The molecule has 0 unspecified atom stereocenters. The lowest BCUT2D eigenvalue weighted by Gasteiger charge is -2.07. The second-order valence-electron chi connectivity index (χ2n) is 5.73. The number of nitrogens with one attached hydrogen (secondary N) is 1. The van der Waals surface area contributed by atoms with Gasteiger partial charge in [0.15, 0.2) is 5.01 Å². The Labute approximate surface area is 164 Å². The van der Waals surface area contributed by atoms with E-state index in [1.165, 1.54) is 11.3 Å². The second kappa shape index (κ2) is 7.73. The van der Waals surface area contributed by atoms with Gasteiger partial charge >= 0.3 is 0 Å². The molecule has 0 aliphatic carbocycles. The average Bonchev–Trinajstić information content (AvgIpc) is 3.14. The van der Waals surface area contributed by atoms with Crippen LogP contribution in [0.5, 0.6) is 5.75 Å². The lowest BCUT2D eigenvalue weighted by atomic mass is 10.1. The smallest absolute Gasteiger partial charge is 0.257 e. The number of anilines is 1. The van der Waals surface area contributed by atoms with E-state index in [1.54, 1.807) is 24.3 Å². The Bertz CT molecular complexity index is 1090. The van der Waals surface area contributed by atoms with Crippen molar-refractivity contribution in [3.63, 3.8) is 0 Å². The van der Waals surface area contributed by atoms with Gasteiger partial charge in [0.05, 0.1) is 0 Å². The van der Waals surface area contributed by atoms with Gasteiger partial charge < -0.3 is 4.74 Å². The van der Waals surface area contributed by atoms with Crippen LogP contribution in [-0.2, 0) is 6.61 Å². The number of rotatable bonds is 5. The van der Waals surface area contributed by atoms with E-state index in [9.17, 15) is 4.79 Å². The maximum atomic E-state index is 12.2. The highest BCUT2D eigenvalue weighted by Crippen LogP contribution is 2.26. The molecule has 0 spiro atoms. The first-order chi connectivity index (χ1) is 13.2. The Morgan fingerprint density at radius 2 is 1.78 bits per heavy atom. The van der Waals surface area contributed by atoms with Gasteiger partial charge in [0.25, 0.3) is 5.91 Å². The van der Waals surface area contributed by atoms with Gasteiger partial charge in [0.2, 0.25) is 5.13 Å². The average molecular weight is 396 g/mol. The zero-order chi connectivity index (χ0) is 18.6. The maximum Gasteiger partial charge on any atom is 0.257 e. The van der Waals surface area contributed by atoms with Crippen molar-refractivity contribution < 1.29 is 9.53 Å². The van der Waals surface area contributed by atoms with E-state index in [1.807, 2.05) is 42.5 Å². The standard InChI is InChI=1S/C20H14ClN3O2S/c21-15-10-8-14(9-11-15)19(25)22-20-24-23-18(27-20)12-26-17-7-3-5-13-4-1-2-6-16(13)17/h1-11H,12H2,(H,22,24,25). The van der Waals surface area contributed by atoms with E-state index < -0.39 is 0 Å². The van der Waals surface area contributed by atoms with Crippen LogP contribution in [0.25, 0.3) is 10.8 Å². The van der Waals surface area contributed by atoms with Crippen molar-refractivity contribution in [2.75, 3.05) is 5.32 Å². The molecule has 0 aliphatic heterocycles. The number of hydrogen-bond acceptors (Lipinski definition) is 5. The number of fused-ring (bicyclic) bond motifs is 1. The number of benzene rings is 3. The summed E-state index contributed by atoms with van der Waals surface area (Å²) in [6.45, 7) is 0.280. The van der Waals surface area contributed by atoms with Crippen molar-refractivity contribution in [2.45, 2.75) is 6.61 Å². The summed E-state index contributed by atoms with van der Waals surface area (Å²) in [5, 5.41) is 14.7. The molecule has 134 valence electrons. The fraction of sp³-hybridized carbons (Fsp3) is 0.0500. The number of ether oxygens (including phenoxy) is 1. The number of carbonyl (C=O) groups excluding carboxylic acids is 1. The summed E-state index contributed by atoms with van der Waals surface area (Å²) in [6.07, 6.45) is 0. The van der Waals surface area contributed by atoms with Crippen LogP contribution in [0.2, 0.25) is 5.02 Å². The van der Waals surface area contributed by atoms with Crippen LogP contribution in [0.15, 0.2) is 66.7 Å². The van der Waals surface area contributed by atoms with Gasteiger partial charge in [-0.15, -0.1) is 10.2 Å². The molecule has 3 aromatic carbocycles. The summed E-state index contributed by atoms with van der Waals surface area (Å²) in [4.78, 5) is 12.2. The zero-order valence-corrected chi connectivity index (χ0v) is 15.6. The van der Waals surface area contributed by atoms with Crippen LogP contribution in [0.3, 0.4) is 0 Å². The van der Waals surface area contributed by atoms with Crippen molar-refractivity contribution in [3.05, 3.63) is 82.3 Å². The topological polar surface area (TPSA) is 64.1 Å². The number of nitrogens with zero attached hydrogens (tertiary/aromatic N) is 2. The summed E-state index contributed by atoms with van der Waals surface area (Å²) >= 11 is 7.11. The molecule has 0 radical (unpaired) electrons. The second-order valence-corrected chi connectivity index (χ2v) is 7.23. The van der Waals surface area contributed by atoms with Gasteiger partial charge in [-0.1, -0.05) is 59.3 Å². The van der Waals surface area contributed by atoms with Crippen LogP contribution in [-0.4, -0.2) is 16.1 Å². The molecule has 5 nitrogen and oxygen atoms in total. The third-order valence-electron chi connectivity index (χ3n) is 3.89. The number of carbonyl (C=O) groups is 1. The summed E-state index contributed by atoms with van der Waals surface area (Å²) in [5.74, 6) is 0.527. The zero-order valence-electron chi connectivity index (χ0n) is 14.1. The molecule has 1 heterocycles. The lowest BCUT2D eigenvalue weighted by Crippen LogP contribution is -2.11. The molecule has 27 heavy (non-hydrogen) atoms. The number of amides is 1. The van der Waals surface area contributed by atoms with E-state index in [4.69, 9.17) is 16.3 Å². The molecule has 1 amide bonds. The molecule has 4 aromatic rings. The molecule has 1 aromatic heterocycles. The van der Waals surface area contributed by atoms with Crippen LogP contribution in [0, 0.1) is 0 Å². The molecule has 0 saturated carbocycles. The minimum absolute atomic E-state index is 0.260. The van der Waals surface area contributed by atoms with E-state index in [0.717, 1.165) is 16.5 Å². The van der Waals surface area contributed by atoms with Crippen LogP contribution >= 0.6 is 22.9 Å². The normalized spacial score (nSPS) is 10.7. The fourth-order valence-electron chi connectivity index (χ4n) is 2.59. The van der Waals surface area contributed by atoms with Gasteiger partial charge in [-0.05, 0) is 35.7 Å². The fourth-order valence-corrected chi connectivity index (χ4v) is 3.37. The molecule has 7 heteroatoms. The summed E-state index contributed by atoms with van der Waals surface area (Å²) < 4.78 is 5.90. The minimum atomic E-state index is -0.260. The number of hydrogen-bond donors (Lipinski definition) is 1. The van der Waals surface area contributed by atoms with Crippen LogP contribution in [0.4, 0.5) is 5.13 Å². The highest BCUT2D eigenvalue weighted by molar-refractivity contribution is 7.15. The van der Waals surface area contributed by atoms with Crippen molar-refractivity contribution in [1.82, 2.24) is 10.2 Å². The van der Waals surface area contributed by atoms with Gasteiger partial charge in [-0.3, -0.25) is 10.1 Å². The van der Waals surface area contributed by atoms with Crippen molar-refractivity contribution in [3.8, 4) is 5.75 Å². The van der Waals surface area contributed by atoms with Crippen molar-refractivity contribution in [2.24, 2.45) is 0 Å². The highest BCUT2D eigenvalue weighted by Gasteiger charge is 2.11. The molecule has 0 aliphatic rings. The third-order valence-corrected chi connectivity index (χ3v) is 4.96. The molecule has 0 saturated heterocycles. The Hall–Kier alpha value is -2.96. The monoisotopic (exact) mass is 395 g/mol. The Morgan fingerprint density at radius 3 is 2.63 bits per heavy atom. The van der Waals surface area contributed by atoms with E-state index in [-0.39, 0.29) is 12.5 Å². The molecule has 4 rings (SSSR count). The lowest BCUT2D eigenvalue weighted by molar-refractivity contribution is 0.102. The van der Waals surface area contributed by atoms with Gasteiger partial charge in [0, 0.05) is 16.0 Å². The predicted octanol–water partition coefficient (Wildman–Crippen LogP) is 5.18. The van der Waals surface area contributed by atoms with Gasteiger partial charge in [-0.2, -0.15) is 0 Å². The molecule has 0 bridgehead atoms. The summed E-state index contributed by atoms with van der Waals surface area (Å²) in [7, 11) is 0. The largest absolute Gasteiger partial charge is 0.486 e. The van der Waals surface area contributed by atoms with E-state index >= 15 is 0 Å². The van der Waals surface area contributed by atoms with Crippen molar-refractivity contribution >= 4 is 44.7 Å². The van der Waals surface area contributed by atoms with Crippen LogP contribution in [0.1, 0.15) is 15.4 Å². The van der Waals surface area contributed by atoms with E-state index in [0.29, 0.717) is 20.7 Å². The first kappa shape index (κ1) is 17.5. The molecular weight excluding hydrogens is 382 g/mol. The Kier molecular flexibility index (Phi) is 5.00. The Balaban J connectivity index is 1.42. The molecule has 1 N–H and O–H groups in total. The molecule has 0 atom stereocenters. The quantitative estimate of drug-likeness (QED) is 0.506. The van der Waals surface area contributed by atoms with Crippen LogP contribution < -0.4 is 10.1 Å².